The van der Waals surface area contributed by atoms with Crippen molar-refractivity contribution in [2.24, 2.45) is 0 Å². The van der Waals surface area contributed by atoms with Gasteiger partial charge in [0.05, 0.1) is 4.90 Å². The highest BCUT2D eigenvalue weighted by molar-refractivity contribution is 7.89. The molecule has 0 amide bonds. The van der Waals surface area contributed by atoms with Crippen molar-refractivity contribution in [3.05, 3.63) is 59.7 Å². The van der Waals surface area contributed by atoms with Gasteiger partial charge < -0.3 is 5.73 Å². The van der Waals surface area contributed by atoms with Gasteiger partial charge in [0.15, 0.2) is 5.78 Å². The van der Waals surface area contributed by atoms with E-state index in [1.54, 1.807) is 12.1 Å². The number of rotatable bonds is 5. The van der Waals surface area contributed by atoms with E-state index in [9.17, 15) is 13.2 Å². The van der Waals surface area contributed by atoms with Gasteiger partial charge in [0.1, 0.15) is 0 Å². The number of halogens is 1. The molecule has 2 N–H and O–H groups in total. The van der Waals surface area contributed by atoms with Crippen LogP contribution in [0.5, 0.6) is 0 Å². The van der Waals surface area contributed by atoms with Gasteiger partial charge in [0.25, 0.3) is 0 Å². The lowest BCUT2D eigenvalue weighted by Gasteiger charge is -2.34. The number of nitrogens with two attached hydrogens (primary N) is 1. The molecule has 0 unspecified atom stereocenters. The molecule has 0 radical (unpaired) electrons. The summed E-state index contributed by atoms with van der Waals surface area (Å²) in [6.07, 6.45) is 0. The molecule has 1 saturated heterocycles. The van der Waals surface area contributed by atoms with Crippen molar-refractivity contribution in [1.82, 2.24) is 9.21 Å². The van der Waals surface area contributed by atoms with Crippen molar-refractivity contribution in [2.45, 2.75) is 18.4 Å². The molecule has 146 valence electrons. The first-order valence-corrected chi connectivity index (χ1v) is 9.98. The van der Waals surface area contributed by atoms with Gasteiger partial charge >= 0.3 is 0 Å². The third-order valence-corrected chi connectivity index (χ3v) is 6.50. The summed E-state index contributed by atoms with van der Waals surface area (Å²) in [7, 11) is -3.53. The summed E-state index contributed by atoms with van der Waals surface area (Å²) in [5.41, 5.74) is 8.18. The van der Waals surface area contributed by atoms with Gasteiger partial charge in [-0.15, -0.1) is 12.4 Å². The van der Waals surface area contributed by atoms with Gasteiger partial charge in [-0.25, -0.2) is 8.42 Å². The molecule has 1 heterocycles. The van der Waals surface area contributed by atoms with Crippen LogP contribution >= 0.6 is 12.4 Å². The number of carbonyl (C=O) groups excluding carboxylic acids is 1. The van der Waals surface area contributed by atoms with Crippen molar-refractivity contribution in [2.75, 3.05) is 31.9 Å². The maximum atomic E-state index is 12.8. The number of hydrogen-bond donors (Lipinski definition) is 1. The molecule has 0 atom stereocenters. The molecule has 8 heteroatoms. The van der Waals surface area contributed by atoms with E-state index in [4.69, 9.17) is 5.73 Å². The highest BCUT2D eigenvalue weighted by atomic mass is 35.5. The third kappa shape index (κ3) is 5.07. The Morgan fingerprint density at radius 3 is 2.22 bits per heavy atom. The molecule has 0 spiro atoms. The summed E-state index contributed by atoms with van der Waals surface area (Å²) >= 11 is 0. The van der Waals surface area contributed by atoms with Gasteiger partial charge in [0, 0.05) is 44.0 Å². The predicted octanol–water partition coefficient (Wildman–Crippen LogP) is 2.40. The SMILES string of the molecule is CC(=O)c1ccc(S(=O)(=O)N2CCN(Cc3cccc(N)c3)CC2)cc1.Cl. The Morgan fingerprint density at radius 1 is 1.04 bits per heavy atom. The van der Waals surface area contributed by atoms with Crippen LogP contribution in [0.4, 0.5) is 5.69 Å². The van der Waals surface area contributed by atoms with E-state index in [0.29, 0.717) is 31.7 Å². The van der Waals surface area contributed by atoms with Crippen LogP contribution in [0.15, 0.2) is 53.4 Å². The standard InChI is InChI=1S/C19H23N3O3S.ClH/c1-15(23)17-5-7-19(8-6-17)26(24,25)22-11-9-21(10-12-22)14-16-3-2-4-18(20)13-16;/h2-8,13H,9-12,14,20H2,1H3;1H. The van der Waals surface area contributed by atoms with Crippen molar-refractivity contribution < 1.29 is 13.2 Å². The van der Waals surface area contributed by atoms with Crippen LogP contribution in [-0.4, -0.2) is 49.6 Å². The Balaban J connectivity index is 0.00000261. The summed E-state index contributed by atoms with van der Waals surface area (Å²) in [4.78, 5) is 13.8. The third-order valence-electron chi connectivity index (χ3n) is 4.59. The zero-order valence-corrected chi connectivity index (χ0v) is 16.8. The van der Waals surface area contributed by atoms with E-state index in [0.717, 1.165) is 17.8 Å². The predicted molar refractivity (Wildman–Crippen MR) is 109 cm³/mol. The van der Waals surface area contributed by atoms with Crippen molar-refractivity contribution in [3.8, 4) is 0 Å². The monoisotopic (exact) mass is 409 g/mol. The van der Waals surface area contributed by atoms with Crippen LogP contribution in [0.25, 0.3) is 0 Å². The highest BCUT2D eigenvalue weighted by Crippen LogP contribution is 2.19. The lowest BCUT2D eigenvalue weighted by molar-refractivity contribution is 0.101. The number of piperazine rings is 1. The first-order chi connectivity index (χ1) is 12.4. The molecule has 2 aromatic rings. The zero-order valence-electron chi connectivity index (χ0n) is 15.2. The van der Waals surface area contributed by atoms with Gasteiger partial charge in [0.2, 0.25) is 10.0 Å². The number of hydrogen-bond acceptors (Lipinski definition) is 5. The quantitative estimate of drug-likeness (QED) is 0.605. The average Bonchev–Trinajstić information content (AvgIpc) is 2.62. The number of sulfonamides is 1. The van der Waals surface area contributed by atoms with Crippen molar-refractivity contribution in [3.63, 3.8) is 0 Å². The Hall–Kier alpha value is -1.93. The zero-order chi connectivity index (χ0) is 18.7. The molecule has 3 rings (SSSR count). The molecular weight excluding hydrogens is 386 g/mol. The van der Waals surface area contributed by atoms with Crippen LogP contribution in [0.2, 0.25) is 0 Å². The normalized spacial score (nSPS) is 15.9. The van der Waals surface area contributed by atoms with Gasteiger partial charge in [-0.1, -0.05) is 24.3 Å². The van der Waals surface area contributed by atoms with E-state index in [1.165, 1.54) is 23.4 Å². The van der Waals surface area contributed by atoms with Gasteiger partial charge in [-0.05, 0) is 36.8 Å². The first kappa shape index (κ1) is 21.4. The fraction of sp³-hybridized carbons (Fsp3) is 0.316. The average molecular weight is 410 g/mol. The number of benzene rings is 2. The molecule has 1 aliphatic heterocycles. The van der Waals surface area contributed by atoms with Crippen LogP contribution in [0.1, 0.15) is 22.8 Å². The van der Waals surface area contributed by atoms with Crippen LogP contribution in [0.3, 0.4) is 0 Å². The van der Waals surface area contributed by atoms with Gasteiger partial charge in [-0.2, -0.15) is 4.31 Å². The topological polar surface area (TPSA) is 83.7 Å². The number of anilines is 1. The first-order valence-electron chi connectivity index (χ1n) is 8.54. The Bertz CT molecular complexity index is 893. The highest BCUT2D eigenvalue weighted by Gasteiger charge is 2.28. The molecule has 0 aromatic heterocycles. The number of ketones is 1. The maximum absolute atomic E-state index is 12.8. The van der Waals surface area contributed by atoms with Gasteiger partial charge in [-0.3, -0.25) is 9.69 Å². The van der Waals surface area contributed by atoms with Crippen LogP contribution < -0.4 is 5.73 Å². The Morgan fingerprint density at radius 2 is 1.67 bits per heavy atom. The minimum Gasteiger partial charge on any atom is -0.399 e. The van der Waals surface area contributed by atoms with E-state index < -0.39 is 10.0 Å². The number of nitrogen functional groups attached to an aromatic ring is 1. The number of Topliss-reactive ketones (excluding diaryl/α,β-unsaturated/α-hetero) is 1. The fourth-order valence-corrected chi connectivity index (χ4v) is 4.51. The molecule has 0 saturated carbocycles. The van der Waals surface area contributed by atoms with E-state index in [1.807, 2.05) is 24.3 Å². The van der Waals surface area contributed by atoms with E-state index >= 15 is 0 Å². The summed E-state index contributed by atoms with van der Waals surface area (Å²) in [6.45, 7) is 4.44. The smallest absolute Gasteiger partial charge is 0.243 e. The molecule has 2 aromatic carbocycles. The molecule has 1 fully saturated rings. The second-order valence-electron chi connectivity index (χ2n) is 6.51. The second kappa shape index (κ2) is 8.84. The fourth-order valence-electron chi connectivity index (χ4n) is 3.09. The summed E-state index contributed by atoms with van der Waals surface area (Å²) in [5.74, 6) is -0.0795. The van der Waals surface area contributed by atoms with Crippen molar-refractivity contribution >= 4 is 33.9 Å². The Kier molecular flexibility index (Phi) is 7.00. The minimum atomic E-state index is -3.53. The van der Waals surface area contributed by atoms with E-state index in [2.05, 4.69) is 4.90 Å². The molecule has 1 aliphatic rings. The molecular formula is C19H24ClN3O3S. The van der Waals surface area contributed by atoms with Crippen LogP contribution in [-0.2, 0) is 16.6 Å². The lowest BCUT2D eigenvalue weighted by Crippen LogP contribution is -2.48. The Labute approximate surface area is 166 Å². The molecule has 27 heavy (non-hydrogen) atoms. The number of nitrogens with zero attached hydrogens (tertiary/aromatic N) is 2. The largest absolute Gasteiger partial charge is 0.399 e. The maximum Gasteiger partial charge on any atom is 0.243 e. The second-order valence-corrected chi connectivity index (χ2v) is 8.44. The summed E-state index contributed by atoms with van der Waals surface area (Å²) < 4.78 is 27.1. The molecule has 0 bridgehead atoms. The minimum absolute atomic E-state index is 0. The molecule has 0 aliphatic carbocycles. The van der Waals surface area contributed by atoms with Crippen LogP contribution in [0, 0.1) is 0 Å². The number of carbonyl (C=O) groups is 1. The lowest BCUT2D eigenvalue weighted by atomic mass is 10.2. The van der Waals surface area contributed by atoms with Crippen molar-refractivity contribution in [1.29, 1.82) is 0 Å². The summed E-state index contributed by atoms with van der Waals surface area (Å²) in [6, 6.07) is 13.9. The molecule has 6 nitrogen and oxygen atoms in total. The summed E-state index contributed by atoms with van der Waals surface area (Å²) in [5, 5.41) is 0. The van der Waals surface area contributed by atoms with E-state index in [-0.39, 0.29) is 23.1 Å².